The average Bonchev–Trinajstić information content (AvgIpc) is 2.40. The van der Waals surface area contributed by atoms with Gasteiger partial charge in [0.1, 0.15) is 5.75 Å². The van der Waals surface area contributed by atoms with E-state index in [1.54, 1.807) is 0 Å². The number of carbonyl (C=O) groups is 1. The summed E-state index contributed by atoms with van der Waals surface area (Å²) < 4.78 is 39.6. The molecule has 1 aromatic rings. The summed E-state index contributed by atoms with van der Waals surface area (Å²) in [6.45, 7) is 0. The Morgan fingerprint density at radius 1 is 1.38 bits per heavy atom. The number of rotatable bonds is 1. The Labute approximate surface area is 97.5 Å². The van der Waals surface area contributed by atoms with Gasteiger partial charge in [-0.25, -0.2) is 0 Å². The SMILES string of the molecule is O=C1c2ccc(OC(F)(F)F)cc2CC1Br. The van der Waals surface area contributed by atoms with Gasteiger partial charge in [-0.15, -0.1) is 13.2 Å². The zero-order valence-electron chi connectivity index (χ0n) is 7.84. The standard InChI is InChI=1S/C10H6BrF3O2/c11-8-4-5-3-6(16-10(12,13)14)1-2-7(5)9(8)15/h1-3,8H,4H2. The van der Waals surface area contributed by atoms with Gasteiger partial charge in [-0.3, -0.25) is 4.79 Å². The molecule has 86 valence electrons. The van der Waals surface area contributed by atoms with Crippen LogP contribution in [0.4, 0.5) is 13.2 Å². The highest BCUT2D eigenvalue weighted by atomic mass is 79.9. The van der Waals surface area contributed by atoms with Crippen LogP contribution in [-0.4, -0.2) is 17.0 Å². The number of Topliss-reactive ketones (excluding diaryl/α,β-unsaturated/α-hetero) is 1. The predicted molar refractivity (Wildman–Crippen MR) is 53.9 cm³/mol. The summed E-state index contributed by atoms with van der Waals surface area (Å²) in [4.78, 5) is 11.1. The fourth-order valence-electron chi connectivity index (χ4n) is 1.63. The van der Waals surface area contributed by atoms with Gasteiger partial charge in [-0.2, -0.15) is 0 Å². The molecule has 0 bridgehead atoms. The average molecular weight is 295 g/mol. The molecule has 1 atom stereocenters. The molecule has 1 aromatic carbocycles. The van der Waals surface area contributed by atoms with Crippen molar-refractivity contribution in [2.24, 2.45) is 0 Å². The number of fused-ring (bicyclic) bond motifs is 1. The topological polar surface area (TPSA) is 26.3 Å². The van der Waals surface area contributed by atoms with E-state index >= 15 is 0 Å². The maximum Gasteiger partial charge on any atom is 0.573 e. The predicted octanol–water partition coefficient (Wildman–Crippen LogP) is 3.09. The van der Waals surface area contributed by atoms with Crippen molar-refractivity contribution in [1.82, 2.24) is 0 Å². The highest BCUT2D eigenvalue weighted by Crippen LogP contribution is 2.31. The molecule has 1 aliphatic carbocycles. The fourth-order valence-corrected chi connectivity index (χ4v) is 2.23. The number of halogens is 4. The van der Waals surface area contributed by atoms with Crippen LogP contribution in [0, 0.1) is 0 Å². The monoisotopic (exact) mass is 294 g/mol. The van der Waals surface area contributed by atoms with Crippen LogP contribution in [0.5, 0.6) is 5.75 Å². The highest BCUT2D eigenvalue weighted by Gasteiger charge is 2.33. The minimum atomic E-state index is -4.70. The molecule has 0 aromatic heterocycles. The van der Waals surface area contributed by atoms with Crippen molar-refractivity contribution < 1.29 is 22.7 Å². The smallest absolute Gasteiger partial charge is 0.406 e. The maximum atomic E-state index is 11.9. The van der Waals surface area contributed by atoms with Crippen molar-refractivity contribution in [3.63, 3.8) is 0 Å². The van der Waals surface area contributed by atoms with Crippen molar-refractivity contribution >= 4 is 21.7 Å². The summed E-state index contributed by atoms with van der Waals surface area (Å²) >= 11 is 3.16. The largest absolute Gasteiger partial charge is 0.573 e. The van der Waals surface area contributed by atoms with Gasteiger partial charge >= 0.3 is 6.36 Å². The molecule has 0 saturated carbocycles. The number of alkyl halides is 4. The zero-order valence-corrected chi connectivity index (χ0v) is 9.43. The first kappa shape index (κ1) is 11.4. The Hall–Kier alpha value is -1.04. The first-order valence-corrected chi connectivity index (χ1v) is 5.35. The summed E-state index contributed by atoms with van der Waals surface area (Å²) in [5.74, 6) is -0.394. The van der Waals surface area contributed by atoms with Crippen LogP contribution >= 0.6 is 15.9 Å². The summed E-state index contributed by atoms with van der Waals surface area (Å²) in [6, 6.07) is 3.76. The first-order chi connectivity index (χ1) is 7.37. The van der Waals surface area contributed by atoms with E-state index in [-0.39, 0.29) is 16.4 Å². The molecule has 2 rings (SSSR count). The normalized spacial score (nSPS) is 19.8. The number of benzene rings is 1. The van der Waals surface area contributed by atoms with Gasteiger partial charge in [0.2, 0.25) is 0 Å². The molecule has 0 aliphatic heterocycles. The molecule has 0 heterocycles. The maximum absolute atomic E-state index is 11.9. The molecule has 1 aliphatic rings. The molecule has 0 radical (unpaired) electrons. The minimum absolute atomic E-state index is 0.103. The van der Waals surface area contributed by atoms with Gasteiger partial charge < -0.3 is 4.74 Å². The third-order valence-electron chi connectivity index (χ3n) is 2.26. The van der Waals surface area contributed by atoms with E-state index in [1.807, 2.05) is 0 Å². The molecule has 0 fully saturated rings. The summed E-state index contributed by atoms with van der Waals surface area (Å²) in [5.41, 5.74) is 1.03. The molecule has 0 spiro atoms. The van der Waals surface area contributed by atoms with Crippen molar-refractivity contribution in [3.05, 3.63) is 29.3 Å². The van der Waals surface area contributed by atoms with E-state index in [4.69, 9.17) is 0 Å². The van der Waals surface area contributed by atoms with Crippen LogP contribution in [0.25, 0.3) is 0 Å². The zero-order chi connectivity index (χ0) is 11.9. The first-order valence-electron chi connectivity index (χ1n) is 4.44. The van der Waals surface area contributed by atoms with Crippen LogP contribution in [0.1, 0.15) is 15.9 Å². The van der Waals surface area contributed by atoms with Crippen molar-refractivity contribution in [2.45, 2.75) is 17.6 Å². The Bertz CT molecular complexity index is 442. The molecular weight excluding hydrogens is 289 g/mol. The molecule has 1 unspecified atom stereocenters. The molecule has 6 heteroatoms. The lowest BCUT2D eigenvalue weighted by atomic mass is 10.1. The van der Waals surface area contributed by atoms with Crippen molar-refractivity contribution in [1.29, 1.82) is 0 Å². The summed E-state index contributed by atoms with van der Waals surface area (Å²) in [6.07, 6.45) is -4.31. The summed E-state index contributed by atoms with van der Waals surface area (Å²) in [7, 11) is 0. The van der Waals surface area contributed by atoms with E-state index in [9.17, 15) is 18.0 Å². The van der Waals surface area contributed by atoms with Crippen LogP contribution < -0.4 is 4.74 Å². The number of ketones is 1. The number of hydrogen-bond donors (Lipinski definition) is 0. The van der Waals surface area contributed by atoms with Gasteiger partial charge in [0.15, 0.2) is 5.78 Å². The van der Waals surface area contributed by atoms with E-state index < -0.39 is 6.36 Å². The molecular formula is C10H6BrF3O2. The van der Waals surface area contributed by atoms with Gasteiger partial charge in [0.05, 0.1) is 4.83 Å². The molecule has 16 heavy (non-hydrogen) atoms. The lowest BCUT2D eigenvalue weighted by Gasteiger charge is -2.09. The third kappa shape index (κ3) is 2.21. The Kier molecular flexibility index (Phi) is 2.69. The Morgan fingerprint density at radius 2 is 2.06 bits per heavy atom. The fraction of sp³-hybridized carbons (Fsp3) is 0.300. The van der Waals surface area contributed by atoms with Crippen LogP contribution in [0.15, 0.2) is 18.2 Å². The molecule has 2 nitrogen and oxygen atoms in total. The second-order valence-corrected chi connectivity index (χ2v) is 4.51. The van der Waals surface area contributed by atoms with Crippen molar-refractivity contribution in [2.75, 3.05) is 0 Å². The lowest BCUT2D eigenvalue weighted by molar-refractivity contribution is -0.274. The number of carbonyl (C=O) groups excluding carboxylic acids is 1. The second kappa shape index (κ2) is 3.76. The number of ether oxygens (including phenoxy) is 1. The van der Waals surface area contributed by atoms with E-state index in [0.29, 0.717) is 17.5 Å². The van der Waals surface area contributed by atoms with Gasteiger partial charge in [-0.1, -0.05) is 15.9 Å². The molecule has 0 amide bonds. The lowest BCUT2D eigenvalue weighted by Crippen LogP contribution is -2.17. The second-order valence-electron chi connectivity index (χ2n) is 3.40. The van der Waals surface area contributed by atoms with Gasteiger partial charge in [0, 0.05) is 5.56 Å². The Morgan fingerprint density at radius 3 is 2.69 bits per heavy atom. The van der Waals surface area contributed by atoms with Gasteiger partial charge in [0.25, 0.3) is 0 Å². The number of hydrogen-bond acceptors (Lipinski definition) is 2. The van der Waals surface area contributed by atoms with Crippen LogP contribution in [-0.2, 0) is 6.42 Å². The van der Waals surface area contributed by atoms with Crippen molar-refractivity contribution in [3.8, 4) is 5.75 Å². The molecule has 0 saturated heterocycles. The van der Waals surface area contributed by atoms with Crippen LogP contribution in [0.3, 0.4) is 0 Å². The third-order valence-corrected chi connectivity index (χ3v) is 3.00. The minimum Gasteiger partial charge on any atom is -0.406 e. The van der Waals surface area contributed by atoms with Gasteiger partial charge in [-0.05, 0) is 30.2 Å². The molecule has 0 N–H and O–H groups in total. The van der Waals surface area contributed by atoms with Crippen LogP contribution in [0.2, 0.25) is 0 Å². The van der Waals surface area contributed by atoms with E-state index in [1.165, 1.54) is 12.1 Å². The van der Waals surface area contributed by atoms with E-state index in [2.05, 4.69) is 20.7 Å². The van der Waals surface area contributed by atoms with E-state index in [0.717, 1.165) is 6.07 Å². The Balaban J connectivity index is 2.29. The summed E-state index contributed by atoms with van der Waals surface area (Å²) in [5, 5.41) is 0. The quantitative estimate of drug-likeness (QED) is 0.744. The highest BCUT2D eigenvalue weighted by molar-refractivity contribution is 9.10.